The fraction of sp³-hybridized carbons (Fsp3) is 0.143. The van der Waals surface area contributed by atoms with Crippen molar-refractivity contribution >= 4 is 35.1 Å². The number of nitrogen functional groups attached to an aromatic ring is 1. The van der Waals surface area contributed by atoms with Gasteiger partial charge in [0.05, 0.1) is 11.3 Å². The van der Waals surface area contributed by atoms with Gasteiger partial charge in [-0.2, -0.15) is 0 Å². The summed E-state index contributed by atoms with van der Waals surface area (Å²) in [6, 6.07) is 5.61. The largest absolute Gasteiger partial charge is 0.478 e. The van der Waals surface area contributed by atoms with E-state index in [1.807, 2.05) is 0 Å². The topological polar surface area (TPSA) is 138 Å². The number of thioether (sulfide) groups is 1. The number of nitrogens with one attached hydrogen (secondary N) is 2. The molecule has 9 heteroatoms. The van der Waals surface area contributed by atoms with E-state index in [4.69, 9.17) is 10.8 Å². The molecule has 23 heavy (non-hydrogen) atoms. The average Bonchev–Trinajstić information content (AvgIpc) is 2.46. The molecule has 0 aliphatic carbocycles. The molecule has 1 aromatic heterocycles. The zero-order chi connectivity index (χ0) is 17.0. The summed E-state index contributed by atoms with van der Waals surface area (Å²) in [7, 11) is 0. The van der Waals surface area contributed by atoms with Crippen LogP contribution in [0, 0.1) is 6.92 Å². The number of carbonyl (C=O) groups is 2. The smallest absolute Gasteiger partial charge is 0.335 e. The first-order valence-electron chi connectivity index (χ1n) is 6.48. The molecule has 0 spiro atoms. The van der Waals surface area contributed by atoms with Crippen molar-refractivity contribution in [2.45, 2.75) is 12.1 Å². The van der Waals surface area contributed by atoms with E-state index in [9.17, 15) is 14.4 Å². The molecule has 120 valence electrons. The average molecular weight is 334 g/mol. The van der Waals surface area contributed by atoms with Crippen molar-refractivity contribution < 1.29 is 14.7 Å². The van der Waals surface area contributed by atoms with Crippen LogP contribution in [0.1, 0.15) is 15.9 Å². The Morgan fingerprint density at radius 3 is 2.78 bits per heavy atom. The number of aromatic nitrogens is 2. The Morgan fingerprint density at radius 1 is 1.39 bits per heavy atom. The fourth-order valence-electron chi connectivity index (χ4n) is 1.73. The maximum Gasteiger partial charge on any atom is 0.335 e. The summed E-state index contributed by atoms with van der Waals surface area (Å²) in [5, 5.41) is 11.8. The van der Waals surface area contributed by atoms with Crippen LogP contribution < -0.4 is 16.6 Å². The number of aromatic amines is 1. The minimum atomic E-state index is -1.07. The minimum Gasteiger partial charge on any atom is -0.478 e. The Hall–Kier alpha value is -2.81. The van der Waals surface area contributed by atoms with Crippen molar-refractivity contribution in [3.05, 3.63) is 45.7 Å². The Bertz CT molecular complexity index is 819. The quantitative estimate of drug-likeness (QED) is 0.474. The third kappa shape index (κ3) is 4.58. The number of carboxylic acids is 1. The predicted octanol–water partition coefficient (Wildman–Crippen LogP) is 1.09. The van der Waals surface area contributed by atoms with Crippen molar-refractivity contribution in [1.29, 1.82) is 0 Å². The van der Waals surface area contributed by atoms with Gasteiger partial charge in [0.1, 0.15) is 5.82 Å². The second-order valence-corrected chi connectivity index (χ2v) is 5.61. The number of H-pyrrole nitrogens is 1. The molecule has 2 rings (SSSR count). The normalized spacial score (nSPS) is 10.3. The van der Waals surface area contributed by atoms with Crippen LogP contribution in [0.5, 0.6) is 0 Å². The Morgan fingerprint density at radius 2 is 2.13 bits per heavy atom. The number of aryl methyl sites for hydroxylation is 1. The van der Waals surface area contributed by atoms with Gasteiger partial charge in [0.2, 0.25) is 5.91 Å². The molecule has 0 radical (unpaired) electrons. The maximum absolute atomic E-state index is 12.0. The number of hydrogen-bond acceptors (Lipinski definition) is 6. The number of amides is 1. The SMILES string of the molecule is Cc1ccc(C(=O)O)cc1NC(=O)CSc1nc(N)cc(=O)[nH]1. The number of nitrogens with two attached hydrogens (primary N) is 1. The number of nitrogens with zero attached hydrogens (tertiary/aromatic N) is 1. The Balaban J connectivity index is 2.03. The lowest BCUT2D eigenvalue weighted by atomic mass is 10.1. The van der Waals surface area contributed by atoms with Crippen LogP contribution in [0.2, 0.25) is 0 Å². The van der Waals surface area contributed by atoms with Gasteiger partial charge in [-0.3, -0.25) is 9.59 Å². The van der Waals surface area contributed by atoms with Crippen molar-refractivity contribution in [2.75, 3.05) is 16.8 Å². The van der Waals surface area contributed by atoms with E-state index in [0.29, 0.717) is 5.69 Å². The summed E-state index contributed by atoms with van der Waals surface area (Å²) < 4.78 is 0. The van der Waals surface area contributed by atoms with Gasteiger partial charge in [-0.15, -0.1) is 0 Å². The van der Waals surface area contributed by atoms with Gasteiger partial charge in [-0.05, 0) is 24.6 Å². The van der Waals surface area contributed by atoms with Crippen LogP contribution in [-0.4, -0.2) is 32.7 Å². The Kier molecular flexibility index (Phi) is 5.02. The number of hydrogen-bond donors (Lipinski definition) is 4. The molecule has 2 aromatic rings. The molecule has 0 bridgehead atoms. The number of rotatable bonds is 5. The fourth-order valence-corrected chi connectivity index (χ4v) is 2.41. The highest BCUT2D eigenvalue weighted by Crippen LogP contribution is 2.18. The van der Waals surface area contributed by atoms with E-state index in [-0.39, 0.29) is 28.2 Å². The first kappa shape index (κ1) is 16.6. The highest BCUT2D eigenvalue weighted by Gasteiger charge is 2.10. The van der Waals surface area contributed by atoms with Crippen LogP contribution in [0.15, 0.2) is 34.2 Å². The first-order valence-corrected chi connectivity index (χ1v) is 7.47. The van der Waals surface area contributed by atoms with Gasteiger partial charge < -0.3 is 21.1 Å². The zero-order valence-corrected chi connectivity index (χ0v) is 12.9. The van der Waals surface area contributed by atoms with Crippen molar-refractivity contribution in [2.24, 2.45) is 0 Å². The summed E-state index contributed by atoms with van der Waals surface area (Å²) >= 11 is 1.02. The maximum atomic E-state index is 12.0. The van der Waals surface area contributed by atoms with Crippen LogP contribution in [0.25, 0.3) is 0 Å². The van der Waals surface area contributed by atoms with Gasteiger partial charge in [-0.1, -0.05) is 17.8 Å². The lowest BCUT2D eigenvalue weighted by Gasteiger charge is -2.09. The molecule has 0 saturated carbocycles. The lowest BCUT2D eigenvalue weighted by molar-refractivity contribution is -0.113. The van der Waals surface area contributed by atoms with Gasteiger partial charge in [0.15, 0.2) is 5.16 Å². The molecule has 0 saturated heterocycles. The number of anilines is 2. The number of benzene rings is 1. The van der Waals surface area contributed by atoms with Gasteiger partial charge in [-0.25, -0.2) is 9.78 Å². The summed E-state index contributed by atoms with van der Waals surface area (Å²) in [6.07, 6.45) is 0. The van der Waals surface area contributed by atoms with Crippen molar-refractivity contribution in [1.82, 2.24) is 9.97 Å². The van der Waals surface area contributed by atoms with E-state index in [2.05, 4.69) is 15.3 Å². The molecule has 0 fully saturated rings. The third-order valence-electron chi connectivity index (χ3n) is 2.84. The van der Waals surface area contributed by atoms with E-state index in [0.717, 1.165) is 23.4 Å². The highest BCUT2D eigenvalue weighted by molar-refractivity contribution is 7.99. The second-order valence-electron chi connectivity index (χ2n) is 4.65. The van der Waals surface area contributed by atoms with Crippen molar-refractivity contribution in [3.8, 4) is 0 Å². The van der Waals surface area contributed by atoms with E-state index >= 15 is 0 Å². The van der Waals surface area contributed by atoms with Crippen LogP contribution in [0.3, 0.4) is 0 Å². The van der Waals surface area contributed by atoms with E-state index < -0.39 is 11.5 Å². The minimum absolute atomic E-state index is 0.0108. The molecule has 1 aromatic carbocycles. The Labute approximate surface area is 135 Å². The zero-order valence-electron chi connectivity index (χ0n) is 12.1. The van der Waals surface area contributed by atoms with Gasteiger partial charge in [0.25, 0.3) is 5.56 Å². The molecule has 8 nitrogen and oxygen atoms in total. The molecule has 0 aliphatic heterocycles. The number of carbonyl (C=O) groups excluding carboxylic acids is 1. The molecule has 0 atom stereocenters. The lowest BCUT2D eigenvalue weighted by Crippen LogP contribution is -2.16. The summed E-state index contributed by atoms with van der Waals surface area (Å²) in [5.74, 6) is -1.37. The molecule has 0 unspecified atom stereocenters. The molecule has 1 heterocycles. The molecule has 1 amide bonds. The number of aromatic carboxylic acids is 1. The molecule has 5 N–H and O–H groups in total. The predicted molar refractivity (Wildman–Crippen MR) is 86.8 cm³/mol. The van der Waals surface area contributed by atoms with E-state index in [1.54, 1.807) is 13.0 Å². The molecule has 0 aliphatic rings. The van der Waals surface area contributed by atoms with E-state index in [1.165, 1.54) is 12.1 Å². The summed E-state index contributed by atoms with van der Waals surface area (Å²) in [6.45, 7) is 1.76. The highest BCUT2D eigenvalue weighted by atomic mass is 32.2. The van der Waals surface area contributed by atoms with Crippen LogP contribution in [0.4, 0.5) is 11.5 Å². The van der Waals surface area contributed by atoms with Gasteiger partial charge >= 0.3 is 5.97 Å². The second kappa shape index (κ2) is 6.97. The standard InChI is InChI=1S/C14H14N4O4S/c1-7-2-3-8(13(21)22)4-9(7)16-12(20)6-23-14-17-10(15)5-11(19)18-14/h2-5H,6H2,1H3,(H,16,20)(H,21,22)(H3,15,17,18,19). The first-order chi connectivity index (χ1) is 10.8. The van der Waals surface area contributed by atoms with Gasteiger partial charge in [0, 0.05) is 11.8 Å². The van der Waals surface area contributed by atoms with Crippen LogP contribution >= 0.6 is 11.8 Å². The number of carboxylic acid groups (broad SMARTS) is 1. The molecular formula is C14H14N4O4S. The summed E-state index contributed by atoms with van der Waals surface area (Å²) in [4.78, 5) is 40.5. The van der Waals surface area contributed by atoms with Crippen molar-refractivity contribution in [3.63, 3.8) is 0 Å². The monoisotopic (exact) mass is 334 g/mol. The molecular weight excluding hydrogens is 320 g/mol. The third-order valence-corrected chi connectivity index (χ3v) is 3.71. The van der Waals surface area contributed by atoms with Crippen LogP contribution in [-0.2, 0) is 4.79 Å². The summed E-state index contributed by atoms with van der Waals surface area (Å²) in [5.41, 5.74) is 6.30.